The van der Waals surface area contributed by atoms with Crippen LogP contribution in [0.3, 0.4) is 0 Å². The van der Waals surface area contributed by atoms with Crippen molar-refractivity contribution in [1.29, 1.82) is 0 Å². The molecule has 0 radical (unpaired) electrons. The predicted octanol–water partition coefficient (Wildman–Crippen LogP) is 4.45. The minimum Gasteiger partial charge on any atom is -0.480 e. The average molecular weight is 311 g/mol. The van der Waals surface area contributed by atoms with Crippen molar-refractivity contribution in [2.24, 2.45) is 0 Å². The molecule has 1 amide bonds. The first-order valence-corrected chi connectivity index (χ1v) is 8.69. The highest BCUT2D eigenvalue weighted by Gasteiger charge is 2.20. The number of carbonyl (C=O) groups excluding carboxylic acids is 1. The number of fused-ring (bicyclic) bond motifs is 1. The molecule has 23 heavy (non-hydrogen) atoms. The number of benzene rings is 2. The fourth-order valence-corrected chi connectivity index (χ4v) is 3.28. The van der Waals surface area contributed by atoms with Gasteiger partial charge in [0.2, 0.25) is 0 Å². The standard InChI is InChI=1S/C20H25NO2/c1-15(20(22)21-17-11-4-2-3-5-12-17)23-19-14-8-10-16-9-6-7-13-18(16)19/h6-10,13-15,17H,2-5,11-12H2,1H3,(H,21,22)/t15-/m1/s1. The Hall–Kier alpha value is -2.03. The van der Waals surface area contributed by atoms with Gasteiger partial charge in [0.1, 0.15) is 5.75 Å². The molecule has 0 unspecified atom stereocenters. The van der Waals surface area contributed by atoms with Crippen molar-refractivity contribution in [2.75, 3.05) is 0 Å². The van der Waals surface area contributed by atoms with Gasteiger partial charge in [-0.1, -0.05) is 62.1 Å². The Kier molecular flexibility index (Phi) is 5.16. The summed E-state index contributed by atoms with van der Waals surface area (Å²) in [6.45, 7) is 1.83. The summed E-state index contributed by atoms with van der Waals surface area (Å²) in [5.41, 5.74) is 0. The SMILES string of the molecule is C[C@@H](Oc1cccc2ccccc12)C(=O)NC1CCCCCC1. The van der Waals surface area contributed by atoms with Crippen LogP contribution in [-0.2, 0) is 4.79 Å². The second-order valence-corrected chi connectivity index (χ2v) is 6.43. The molecule has 3 heteroatoms. The van der Waals surface area contributed by atoms with Crippen LogP contribution in [0.4, 0.5) is 0 Å². The van der Waals surface area contributed by atoms with Gasteiger partial charge in [-0.25, -0.2) is 0 Å². The molecule has 2 aromatic rings. The quantitative estimate of drug-likeness (QED) is 0.847. The molecule has 3 nitrogen and oxygen atoms in total. The zero-order chi connectivity index (χ0) is 16.1. The summed E-state index contributed by atoms with van der Waals surface area (Å²) in [4.78, 5) is 12.4. The second kappa shape index (κ2) is 7.49. The highest BCUT2D eigenvalue weighted by molar-refractivity contribution is 5.89. The molecule has 2 aromatic carbocycles. The zero-order valence-corrected chi connectivity index (χ0v) is 13.8. The number of hydrogen-bond donors (Lipinski definition) is 1. The molecule has 0 aromatic heterocycles. The summed E-state index contributed by atoms with van der Waals surface area (Å²) in [7, 11) is 0. The Labute approximate surface area is 138 Å². The van der Waals surface area contributed by atoms with Crippen LogP contribution >= 0.6 is 0 Å². The summed E-state index contributed by atoms with van der Waals surface area (Å²) in [6.07, 6.45) is 6.69. The van der Waals surface area contributed by atoms with E-state index < -0.39 is 6.10 Å². The van der Waals surface area contributed by atoms with Crippen LogP contribution in [-0.4, -0.2) is 18.1 Å². The molecule has 0 aliphatic heterocycles. The molecule has 1 saturated carbocycles. The maximum Gasteiger partial charge on any atom is 0.260 e. The van der Waals surface area contributed by atoms with E-state index in [1.54, 1.807) is 0 Å². The van der Waals surface area contributed by atoms with Gasteiger partial charge in [0.15, 0.2) is 6.10 Å². The summed E-state index contributed by atoms with van der Waals surface area (Å²) in [5, 5.41) is 5.33. The number of hydrogen-bond acceptors (Lipinski definition) is 2. The maximum absolute atomic E-state index is 12.4. The van der Waals surface area contributed by atoms with Crippen molar-refractivity contribution in [2.45, 2.75) is 57.6 Å². The normalized spacial score (nSPS) is 17.4. The van der Waals surface area contributed by atoms with E-state index in [-0.39, 0.29) is 5.91 Å². The van der Waals surface area contributed by atoms with E-state index in [4.69, 9.17) is 4.74 Å². The highest BCUT2D eigenvalue weighted by atomic mass is 16.5. The van der Waals surface area contributed by atoms with Crippen molar-refractivity contribution in [3.05, 3.63) is 42.5 Å². The summed E-state index contributed by atoms with van der Waals surface area (Å²) in [6, 6.07) is 14.3. The number of ether oxygens (including phenoxy) is 1. The first-order valence-electron chi connectivity index (χ1n) is 8.69. The molecule has 122 valence electrons. The van der Waals surface area contributed by atoms with Crippen LogP contribution < -0.4 is 10.1 Å². The van der Waals surface area contributed by atoms with Crippen LogP contribution in [0, 0.1) is 0 Å². The zero-order valence-electron chi connectivity index (χ0n) is 13.8. The van der Waals surface area contributed by atoms with Crippen LogP contribution in [0.5, 0.6) is 5.75 Å². The molecule has 1 fully saturated rings. The van der Waals surface area contributed by atoms with Crippen molar-refractivity contribution in [3.63, 3.8) is 0 Å². The largest absolute Gasteiger partial charge is 0.480 e. The minimum absolute atomic E-state index is 0.00941. The van der Waals surface area contributed by atoms with Gasteiger partial charge in [-0.2, -0.15) is 0 Å². The Morgan fingerprint density at radius 3 is 2.52 bits per heavy atom. The molecule has 1 atom stereocenters. The summed E-state index contributed by atoms with van der Waals surface area (Å²) < 4.78 is 5.95. The molecule has 0 saturated heterocycles. The van der Waals surface area contributed by atoms with Crippen molar-refractivity contribution in [3.8, 4) is 5.75 Å². The maximum atomic E-state index is 12.4. The van der Waals surface area contributed by atoms with Gasteiger partial charge in [0, 0.05) is 11.4 Å². The van der Waals surface area contributed by atoms with Crippen molar-refractivity contribution in [1.82, 2.24) is 5.32 Å². The fourth-order valence-electron chi connectivity index (χ4n) is 3.28. The van der Waals surface area contributed by atoms with E-state index >= 15 is 0 Å². The highest BCUT2D eigenvalue weighted by Crippen LogP contribution is 2.26. The lowest BCUT2D eigenvalue weighted by atomic mass is 10.1. The van der Waals surface area contributed by atoms with E-state index in [9.17, 15) is 4.79 Å². The van der Waals surface area contributed by atoms with Crippen LogP contribution in [0.2, 0.25) is 0 Å². The van der Waals surface area contributed by atoms with Crippen molar-refractivity contribution < 1.29 is 9.53 Å². The third-order valence-electron chi connectivity index (χ3n) is 4.62. The molecule has 0 heterocycles. The van der Waals surface area contributed by atoms with E-state index in [1.807, 2.05) is 37.3 Å². The van der Waals surface area contributed by atoms with Gasteiger partial charge in [0.25, 0.3) is 5.91 Å². The minimum atomic E-state index is -0.482. The lowest BCUT2D eigenvalue weighted by Crippen LogP contribution is -2.42. The van der Waals surface area contributed by atoms with Crippen molar-refractivity contribution >= 4 is 16.7 Å². The lowest BCUT2D eigenvalue weighted by molar-refractivity contribution is -0.128. The fraction of sp³-hybridized carbons (Fsp3) is 0.450. The van der Waals surface area contributed by atoms with Crippen LogP contribution in [0.15, 0.2) is 42.5 Å². The van der Waals surface area contributed by atoms with Gasteiger partial charge in [-0.15, -0.1) is 0 Å². The first kappa shape index (κ1) is 15.9. The third kappa shape index (κ3) is 4.04. The molecule has 0 spiro atoms. The number of rotatable bonds is 4. The number of carbonyl (C=O) groups is 1. The summed E-state index contributed by atoms with van der Waals surface area (Å²) in [5.74, 6) is 0.761. The number of nitrogens with one attached hydrogen (secondary N) is 1. The predicted molar refractivity (Wildman–Crippen MR) is 93.7 cm³/mol. The number of amides is 1. The first-order chi connectivity index (χ1) is 11.2. The van der Waals surface area contributed by atoms with E-state index in [2.05, 4.69) is 17.4 Å². The van der Waals surface area contributed by atoms with E-state index in [0.29, 0.717) is 6.04 Å². The Morgan fingerprint density at radius 2 is 1.74 bits per heavy atom. The van der Waals surface area contributed by atoms with Gasteiger partial charge in [-0.05, 0) is 31.2 Å². The monoisotopic (exact) mass is 311 g/mol. The Balaban J connectivity index is 1.65. The Bertz CT molecular complexity index is 654. The molecule has 1 N–H and O–H groups in total. The molecular weight excluding hydrogens is 286 g/mol. The summed E-state index contributed by atoms with van der Waals surface area (Å²) >= 11 is 0. The average Bonchev–Trinajstić information content (AvgIpc) is 2.84. The molecule has 1 aliphatic carbocycles. The van der Waals surface area contributed by atoms with Crippen LogP contribution in [0.1, 0.15) is 45.4 Å². The lowest BCUT2D eigenvalue weighted by Gasteiger charge is -2.21. The van der Waals surface area contributed by atoms with Crippen LogP contribution in [0.25, 0.3) is 10.8 Å². The third-order valence-corrected chi connectivity index (χ3v) is 4.62. The van der Waals surface area contributed by atoms with Gasteiger partial charge >= 0.3 is 0 Å². The smallest absolute Gasteiger partial charge is 0.260 e. The Morgan fingerprint density at radius 1 is 1.04 bits per heavy atom. The van der Waals surface area contributed by atoms with Gasteiger partial charge in [0.05, 0.1) is 0 Å². The van der Waals surface area contributed by atoms with Gasteiger partial charge < -0.3 is 10.1 Å². The molecule has 3 rings (SSSR count). The van der Waals surface area contributed by atoms with Gasteiger partial charge in [-0.3, -0.25) is 4.79 Å². The van der Waals surface area contributed by atoms with E-state index in [1.165, 1.54) is 25.7 Å². The molecular formula is C20H25NO2. The molecule has 1 aliphatic rings. The second-order valence-electron chi connectivity index (χ2n) is 6.43. The topological polar surface area (TPSA) is 38.3 Å². The van der Waals surface area contributed by atoms with E-state index in [0.717, 1.165) is 29.4 Å². The molecule has 0 bridgehead atoms.